The summed E-state index contributed by atoms with van der Waals surface area (Å²) in [7, 11) is 2.35. The van der Waals surface area contributed by atoms with Crippen LogP contribution in [0.2, 0.25) is 6.04 Å². The van der Waals surface area contributed by atoms with E-state index in [0.29, 0.717) is 6.54 Å². The number of rotatable bonds is 18. The van der Waals surface area contributed by atoms with Crippen molar-refractivity contribution in [3.8, 4) is 0 Å². The van der Waals surface area contributed by atoms with E-state index in [4.69, 9.17) is 18.4 Å². The molecule has 0 saturated heterocycles. The Morgan fingerprint density at radius 2 is 1.36 bits per heavy atom. The molecule has 0 saturated carbocycles. The van der Waals surface area contributed by atoms with Crippen LogP contribution in [0.1, 0.15) is 64.7 Å². The van der Waals surface area contributed by atoms with Crippen molar-refractivity contribution >= 4 is 14.8 Å². The minimum Gasteiger partial charge on any atom is -0.481 e. The molecule has 0 spiro atoms. The Bertz CT molecular complexity index is 318. The zero-order valence-corrected chi connectivity index (χ0v) is 17.7. The van der Waals surface area contributed by atoms with Crippen LogP contribution in [-0.4, -0.2) is 65.7 Å². The molecule has 0 aliphatic carbocycles. The lowest BCUT2D eigenvalue weighted by Gasteiger charge is -2.26. The Labute approximate surface area is 155 Å². The molecule has 0 aromatic carbocycles. The van der Waals surface area contributed by atoms with Crippen molar-refractivity contribution in [2.75, 3.05) is 41.0 Å². The Balaban J connectivity index is 4.13. The van der Waals surface area contributed by atoms with Crippen molar-refractivity contribution < 1.29 is 23.2 Å². The summed E-state index contributed by atoms with van der Waals surface area (Å²) in [5.74, 6) is -0.737. The molecule has 7 heteroatoms. The van der Waals surface area contributed by atoms with Gasteiger partial charge >= 0.3 is 14.8 Å². The molecule has 0 bridgehead atoms. The standard InChI is InChI=1S/C18H39NO5Si/c1-5-6-7-8-9-10-11-14-19(16-13-18(20)21)15-12-17-25(22-2,23-3)24-4/h5-17H2,1-4H3,(H,20,21). The number of carboxylic acids is 1. The van der Waals surface area contributed by atoms with E-state index in [0.717, 1.165) is 32.0 Å². The highest BCUT2D eigenvalue weighted by Gasteiger charge is 2.37. The van der Waals surface area contributed by atoms with Crippen molar-refractivity contribution in [2.45, 2.75) is 70.8 Å². The number of hydrogen-bond donors (Lipinski definition) is 1. The molecular formula is C18H39NO5Si. The van der Waals surface area contributed by atoms with Gasteiger partial charge in [-0.2, -0.15) is 0 Å². The summed E-state index contributed by atoms with van der Waals surface area (Å²) in [5.41, 5.74) is 0. The number of nitrogens with zero attached hydrogens (tertiary/aromatic N) is 1. The Kier molecular flexibility index (Phi) is 15.5. The van der Waals surface area contributed by atoms with E-state index in [9.17, 15) is 4.79 Å². The van der Waals surface area contributed by atoms with Crippen LogP contribution >= 0.6 is 0 Å². The largest absolute Gasteiger partial charge is 0.500 e. The van der Waals surface area contributed by atoms with Gasteiger partial charge in [0.1, 0.15) is 0 Å². The van der Waals surface area contributed by atoms with Crippen molar-refractivity contribution in [1.29, 1.82) is 0 Å². The van der Waals surface area contributed by atoms with Gasteiger partial charge in [0.25, 0.3) is 0 Å². The van der Waals surface area contributed by atoms with Gasteiger partial charge in [-0.05, 0) is 25.9 Å². The summed E-state index contributed by atoms with van der Waals surface area (Å²) in [4.78, 5) is 13.1. The van der Waals surface area contributed by atoms with E-state index in [1.807, 2.05) is 0 Å². The smallest absolute Gasteiger partial charge is 0.481 e. The van der Waals surface area contributed by atoms with E-state index in [1.165, 1.54) is 38.5 Å². The maximum atomic E-state index is 10.9. The maximum absolute atomic E-state index is 10.9. The van der Waals surface area contributed by atoms with E-state index in [-0.39, 0.29) is 6.42 Å². The summed E-state index contributed by atoms with van der Waals surface area (Å²) in [6.07, 6.45) is 9.96. The van der Waals surface area contributed by atoms with Crippen molar-refractivity contribution in [1.82, 2.24) is 4.90 Å². The Morgan fingerprint density at radius 3 is 1.88 bits per heavy atom. The fourth-order valence-corrected chi connectivity index (χ4v) is 4.66. The SMILES string of the molecule is CCCCCCCCCN(CCC[Si](OC)(OC)OC)CCC(=O)O. The third-order valence-electron chi connectivity index (χ3n) is 4.61. The van der Waals surface area contributed by atoms with Gasteiger partial charge in [-0.15, -0.1) is 0 Å². The molecule has 0 aliphatic rings. The highest BCUT2D eigenvalue weighted by Crippen LogP contribution is 2.16. The third-order valence-corrected chi connectivity index (χ3v) is 7.44. The first kappa shape index (κ1) is 24.5. The molecule has 0 radical (unpaired) electrons. The van der Waals surface area contributed by atoms with Crippen molar-refractivity contribution in [3.05, 3.63) is 0 Å². The molecule has 0 heterocycles. The average Bonchev–Trinajstić information content (AvgIpc) is 2.62. The second kappa shape index (κ2) is 15.8. The first-order valence-electron chi connectivity index (χ1n) is 9.63. The fourth-order valence-electron chi connectivity index (χ4n) is 2.96. The van der Waals surface area contributed by atoms with Crippen LogP contribution in [0.5, 0.6) is 0 Å². The second-order valence-electron chi connectivity index (χ2n) is 6.51. The second-order valence-corrected chi connectivity index (χ2v) is 9.60. The summed E-state index contributed by atoms with van der Waals surface area (Å²) in [5, 5.41) is 8.94. The first-order valence-corrected chi connectivity index (χ1v) is 11.6. The summed E-state index contributed by atoms with van der Waals surface area (Å²) >= 11 is 0. The van der Waals surface area contributed by atoms with Crippen LogP contribution in [0.4, 0.5) is 0 Å². The number of carbonyl (C=O) groups is 1. The molecule has 0 amide bonds. The van der Waals surface area contributed by atoms with E-state index in [2.05, 4.69) is 11.8 Å². The molecule has 0 fully saturated rings. The van der Waals surface area contributed by atoms with Gasteiger partial charge < -0.3 is 23.3 Å². The van der Waals surface area contributed by atoms with Crippen LogP contribution in [0.3, 0.4) is 0 Å². The van der Waals surface area contributed by atoms with Crippen LogP contribution in [0.25, 0.3) is 0 Å². The van der Waals surface area contributed by atoms with Crippen molar-refractivity contribution in [3.63, 3.8) is 0 Å². The zero-order chi connectivity index (χ0) is 19.0. The van der Waals surface area contributed by atoms with Crippen LogP contribution in [0, 0.1) is 0 Å². The molecule has 150 valence electrons. The number of carboxylic acid groups (broad SMARTS) is 1. The average molecular weight is 378 g/mol. The minimum atomic E-state index is -2.53. The monoisotopic (exact) mass is 377 g/mol. The van der Waals surface area contributed by atoms with Crippen LogP contribution in [-0.2, 0) is 18.1 Å². The topological polar surface area (TPSA) is 68.2 Å². The molecule has 6 nitrogen and oxygen atoms in total. The molecule has 1 N–H and O–H groups in total. The van der Waals surface area contributed by atoms with E-state index >= 15 is 0 Å². The molecule has 0 aromatic heterocycles. The normalized spacial score (nSPS) is 12.0. The van der Waals surface area contributed by atoms with Gasteiger partial charge in [0.2, 0.25) is 0 Å². The van der Waals surface area contributed by atoms with Gasteiger partial charge in [0.15, 0.2) is 0 Å². The first-order chi connectivity index (χ1) is 12.0. The van der Waals surface area contributed by atoms with Crippen LogP contribution in [0.15, 0.2) is 0 Å². The molecule has 0 aromatic rings. The summed E-state index contributed by atoms with van der Waals surface area (Å²) in [6, 6.07) is 0.747. The molecule has 0 unspecified atom stereocenters. The molecule has 0 aliphatic heterocycles. The van der Waals surface area contributed by atoms with Crippen LogP contribution < -0.4 is 0 Å². The van der Waals surface area contributed by atoms with Gasteiger partial charge in [-0.3, -0.25) is 4.79 Å². The van der Waals surface area contributed by atoms with E-state index < -0.39 is 14.8 Å². The van der Waals surface area contributed by atoms with Gasteiger partial charge in [-0.25, -0.2) is 0 Å². The number of aliphatic carboxylic acids is 1. The number of hydrogen-bond acceptors (Lipinski definition) is 5. The van der Waals surface area contributed by atoms with E-state index in [1.54, 1.807) is 21.3 Å². The summed E-state index contributed by atoms with van der Waals surface area (Å²) < 4.78 is 16.3. The predicted octanol–water partition coefficient (Wildman–Crippen LogP) is 3.78. The molecule has 0 atom stereocenters. The predicted molar refractivity (Wildman–Crippen MR) is 103 cm³/mol. The highest BCUT2D eigenvalue weighted by atomic mass is 28.4. The molecular weight excluding hydrogens is 338 g/mol. The Morgan fingerprint density at radius 1 is 0.840 bits per heavy atom. The van der Waals surface area contributed by atoms with Crippen molar-refractivity contribution in [2.24, 2.45) is 0 Å². The number of unbranched alkanes of at least 4 members (excludes halogenated alkanes) is 6. The lowest BCUT2D eigenvalue weighted by Crippen LogP contribution is -2.43. The third kappa shape index (κ3) is 12.5. The molecule has 25 heavy (non-hydrogen) atoms. The maximum Gasteiger partial charge on any atom is 0.500 e. The lowest BCUT2D eigenvalue weighted by atomic mass is 10.1. The molecule has 0 rings (SSSR count). The Hall–Kier alpha value is -0.473. The summed E-state index contributed by atoms with van der Waals surface area (Å²) in [6.45, 7) is 4.65. The quantitative estimate of drug-likeness (QED) is 0.290. The van der Waals surface area contributed by atoms with Gasteiger partial charge in [-0.1, -0.05) is 45.4 Å². The van der Waals surface area contributed by atoms with Gasteiger partial charge in [0.05, 0.1) is 6.42 Å². The fraction of sp³-hybridized carbons (Fsp3) is 0.944. The van der Waals surface area contributed by atoms with Gasteiger partial charge in [0, 0.05) is 33.9 Å². The zero-order valence-electron chi connectivity index (χ0n) is 16.7. The highest BCUT2D eigenvalue weighted by molar-refractivity contribution is 6.60. The minimum absolute atomic E-state index is 0.192. The lowest BCUT2D eigenvalue weighted by molar-refractivity contribution is -0.137.